The van der Waals surface area contributed by atoms with Crippen LogP contribution in [0.5, 0.6) is 0 Å². The van der Waals surface area contributed by atoms with Crippen LogP contribution in [0.15, 0.2) is 18.2 Å². The molecule has 0 radical (unpaired) electrons. The molecule has 0 spiro atoms. The smallest absolute Gasteiger partial charge is 0.0955 e. The van der Waals surface area contributed by atoms with Gasteiger partial charge in [0.1, 0.15) is 0 Å². The molecule has 0 aliphatic carbocycles. The minimum absolute atomic E-state index is 0.250. The van der Waals surface area contributed by atoms with E-state index in [1.807, 2.05) is 0 Å². The lowest BCUT2D eigenvalue weighted by Crippen LogP contribution is -2.34. The summed E-state index contributed by atoms with van der Waals surface area (Å²) >= 11 is 0. The van der Waals surface area contributed by atoms with Gasteiger partial charge in [0.15, 0.2) is 0 Å². The third kappa shape index (κ3) is 2.28. The maximum absolute atomic E-state index is 5.89. The maximum Gasteiger partial charge on any atom is 0.0955 e. The highest BCUT2D eigenvalue weighted by molar-refractivity contribution is 5.37. The van der Waals surface area contributed by atoms with Crippen LogP contribution < -0.4 is 5.32 Å². The van der Waals surface area contributed by atoms with Crippen LogP contribution in [0.4, 0.5) is 0 Å². The molecule has 2 nitrogen and oxygen atoms in total. The number of ether oxygens (including phenoxy) is 1. The van der Waals surface area contributed by atoms with Gasteiger partial charge in [-0.05, 0) is 29.5 Å². The monoisotopic (exact) mass is 219 g/mol. The second-order valence-electron chi connectivity index (χ2n) is 4.26. The molecule has 1 aromatic rings. The lowest BCUT2D eigenvalue weighted by atomic mass is 9.93. The second-order valence-corrected chi connectivity index (χ2v) is 4.26. The predicted molar refractivity (Wildman–Crippen MR) is 66.8 cm³/mol. The number of nitrogens with one attached hydrogen (secondary N) is 1. The quantitative estimate of drug-likeness (QED) is 0.843. The van der Waals surface area contributed by atoms with Gasteiger partial charge in [-0.25, -0.2) is 0 Å². The molecule has 1 aliphatic heterocycles. The van der Waals surface area contributed by atoms with Gasteiger partial charge >= 0.3 is 0 Å². The molecule has 1 aromatic carbocycles. The predicted octanol–water partition coefficient (Wildman–Crippen LogP) is 2.47. The van der Waals surface area contributed by atoms with Crippen LogP contribution in [0.3, 0.4) is 0 Å². The highest BCUT2D eigenvalue weighted by Crippen LogP contribution is 2.27. The van der Waals surface area contributed by atoms with Crippen molar-refractivity contribution in [3.8, 4) is 0 Å². The topological polar surface area (TPSA) is 21.3 Å². The first kappa shape index (κ1) is 11.6. The van der Waals surface area contributed by atoms with Gasteiger partial charge in [0.05, 0.1) is 12.7 Å². The number of aryl methyl sites for hydroxylation is 2. The molecule has 0 bridgehead atoms. The summed E-state index contributed by atoms with van der Waals surface area (Å²) in [6.45, 7) is 7.19. The molecule has 2 rings (SSSR count). The Hall–Kier alpha value is -0.860. The summed E-state index contributed by atoms with van der Waals surface area (Å²) in [7, 11) is 0. The van der Waals surface area contributed by atoms with Gasteiger partial charge in [-0.1, -0.05) is 32.0 Å². The first-order chi connectivity index (χ1) is 7.86. The van der Waals surface area contributed by atoms with E-state index in [0.29, 0.717) is 0 Å². The van der Waals surface area contributed by atoms with Crippen LogP contribution in [0.1, 0.15) is 36.6 Å². The molecule has 1 heterocycles. The van der Waals surface area contributed by atoms with E-state index in [4.69, 9.17) is 4.74 Å². The zero-order valence-electron chi connectivity index (χ0n) is 10.3. The van der Waals surface area contributed by atoms with Crippen LogP contribution >= 0.6 is 0 Å². The number of morpholine rings is 1. The van der Waals surface area contributed by atoms with Gasteiger partial charge in [0.25, 0.3) is 0 Å². The summed E-state index contributed by atoms with van der Waals surface area (Å²) < 4.78 is 5.89. The van der Waals surface area contributed by atoms with Crippen molar-refractivity contribution < 1.29 is 4.74 Å². The molecule has 0 aromatic heterocycles. The number of rotatable bonds is 3. The van der Waals surface area contributed by atoms with Gasteiger partial charge in [0, 0.05) is 13.1 Å². The van der Waals surface area contributed by atoms with E-state index in [1.165, 1.54) is 16.7 Å². The SMILES string of the molecule is CCc1cccc(CC)c1C1CNCCO1. The number of hydrogen-bond acceptors (Lipinski definition) is 2. The summed E-state index contributed by atoms with van der Waals surface area (Å²) in [6, 6.07) is 6.62. The summed E-state index contributed by atoms with van der Waals surface area (Å²) in [6.07, 6.45) is 2.42. The lowest BCUT2D eigenvalue weighted by molar-refractivity contribution is 0.0267. The molecule has 1 aliphatic rings. The summed E-state index contributed by atoms with van der Waals surface area (Å²) in [4.78, 5) is 0. The van der Waals surface area contributed by atoms with Crippen LogP contribution in [0.2, 0.25) is 0 Å². The van der Waals surface area contributed by atoms with Crippen molar-refractivity contribution >= 4 is 0 Å². The molecule has 0 saturated carbocycles. The van der Waals surface area contributed by atoms with E-state index in [0.717, 1.165) is 32.5 Å². The van der Waals surface area contributed by atoms with E-state index in [2.05, 4.69) is 37.4 Å². The summed E-state index contributed by atoms with van der Waals surface area (Å²) in [5.41, 5.74) is 4.31. The van der Waals surface area contributed by atoms with Crippen molar-refractivity contribution in [2.75, 3.05) is 19.7 Å². The average Bonchev–Trinajstić information content (AvgIpc) is 2.38. The fraction of sp³-hybridized carbons (Fsp3) is 0.571. The molecule has 1 unspecified atom stereocenters. The van der Waals surface area contributed by atoms with E-state index in [1.54, 1.807) is 0 Å². The Balaban J connectivity index is 2.34. The molecule has 1 N–H and O–H groups in total. The van der Waals surface area contributed by atoms with E-state index >= 15 is 0 Å². The Morgan fingerprint density at radius 1 is 1.25 bits per heavy atom. The largest absolute Gasteiger partial charge is 0.371 e. The lowest BCUT2D eigenvalue weighted by Gasteiger charge is -2.27. The summed E-state index contributed by atoms with van der Waals surface area (Å²) in [5.74, 6) is 0. The number of benzene rings is 1. The third-order valence-electron chi connectivity index (χ3n) is 3.30. The van der Waals surface area contributed by atoms with Crippen LogP contribution in [-0.4, -0.2) is 19.7 Å². The maximum atomic E-state index is 5.89. The first-order valence-corrected chi connectivity index (χ1v) is 6.29. The van der Waals surface area contributed by atoms with Crippen molar-refractivity contribution in [2.24, 2.45) is 0 Å². The normalized spacial score (nSPS) is 21.0. The Kier molecular flexibility index (Phi) is 3.97. The minimum Gasteiger partial charge on any atom is -0.371 e. The van der Waals surface area contributed by atoms with Crippen molar-refractivity contribution in [3.05, 3.63) is 34.9 Å². The minimum atomic E-state index is 0.250. The standard InChI is InChI=1S/C14H21NO/c1-3-11-6-5-7-12(4-2)14(11)13-10-15-8-9-16-13/h5-7,13,15H,3-4,8-10H2,1-2H3. The molecular formula is C14H21NO. The van der Waals surface area contributed by atoms with E-state index in [9.17, 15) is 0 Å². The molecular weight excluding hydrogens is 198 g/mol. The van der Waals surface area contributed by atoms with Crippen molar-refractivity contribution in [1.29, 1.82) is 0 Å². The zero-order valence-corrected chi connectivity index (χ0v) is 10.3. The Morgan fingerprint density at radius 3 is 2.44 bits per heavy atom. The molecule has 0 amide bonds. The molecule has 16 heavy (non-hydrogen) atoms. The molecule has 1 fully saturated rings. The molecule has 2 heteroatoms. The van der Waals surface area contributed by atoms with E-state index < -0.39 is 0 Å². The third-order valence-corrected chi connectivity index (χ3v) is 3.30. The van der Waals surface area contributed by atoms with Crippen LogP contribution in [-0.2, 0) is 17.6 Å². The van der Waals surface area contributed by atoms with Gasteiger partial charge in [0.2, 0.25) is 0 Å². The Labute approximate surface area is 98.0 Å². The highest BCUT2D eigenvalue weighted by Gasteiger charge is 2.20. The first-order valence-electron chi connectivity index (χ1n) is 6.29. The van der Waals surface area contributed by atoms with Gasteiger partial charge in [-0.3, -0.25) is 0 Å². The molecule has 88 valence electrons. The van der Waals surface area contributed by atoms with Crippen LogP contribution in [0.25, 0.3) is 0 Å². The Bertz CT molecular complexity index is 320. The second kappa shape index (κ2) is 5.46. The van der Waals surface area contributed by atoms with Crippen molar-refractivity contribution in [3.63, 3.8) is 0 Å². The van der Waals surface area contributed by atoms with Gasteiger partial charge < -0.3 is 10.1 Å². The van der Waals surface area contributed by atoms with E-state index in [-0.39, 0.29) is 6.10 Å². The fourth-order valence-electron chi connectivity index (χ4n) is 2.45. The van der Waals surface area contributed by atoms with Crippen molar-refractivity contribution in [1.82, 2.24) is 5.32 Å². The molecule has 1 saturated heterocycles. The average molecular weight is 219 g/mol. The highest BCUT2D eigenvalue weighted by atomic mass is 16.5. The molecule has 1 atom stereocenters. The zero-order chi connectivity index (χ0) is 11.4. The van der Waals surface area contributed by atoms with Crippen LogP contribution in [0, 0.1) is 0 Å². The van der Waals surface area contributed by atoms with Gasteiger partial charge in [-0.15, -0.1) is 0 Å². The summed E-state index contributed by atoms with van der Waals surface area (Å²) in [5, 5.41) is 3.41. The Morgan fingerprint density at radius 2 is 1.94 bits per heavy atom. The number of hydrogen-bond donors (Lipinski definition) is 1. The van der Waals surface area contributed by atoms with Gasteiger partial charge in [-0.2, -0.15) is 0 Å². The fourth-order valence-corrected chi connectivity index (χ4v) is 2.45. The van der Waals surface area contributed by atoms with Crippen molar-refractivity contribution in [2.45, 2.75) is 32.8 Å².